The minimum atomic E-state index is 0.282. The zero-order chi connectivity index (χ0) is 10.9. The summed E-state index contributed by atoms with van der Waals surface area (Å²) < 4.78 is 0. The Labute approximate surface area is 94.4 Å². The number of nitrogens with zero attached hydrogens (tertiary/aromatic N) is 1. The maximum atomic E-state index is 3.56. The van der Waals surface area contributed by atoms with E-state index < -0.39 is 0 Å². The molecule has 1 N–H and O–H groups in total. The third-order valence-electron chi connectivity index (χ3n) is 3.80. The summed E-state index contributed by atoms with van der Waals surface area (Å²) in [5.41, 5.74) is 0.282. The number of rotatable bonds is 4. The molecule has 15 heavy (non-hydrogen) atoms. The molecule has 1 saturated heterocycles. The van der Waals surface area contributed by atoms with E-state index in [9.17, 15) is 0 Å². The first-order valence-corrected chi connectivity index (χ1v) is 6.54. The van der Waals surface area contributed by atoms with Gasteiger partial charge < -0.3 is 10.2 Å². The molecule has 0 aromatic heterocycles. The molecule has 1 aliphatic carbocycles. The lowest BCUT2D eigenvalue weighted by molar-refractivity contribution is 0.208. The normalized spacial score (nSPS) is 31.4. The molecule has 2 nitrogen and oxygen atoms in total. The molecule has 2 atom stereocenters. The van der Waals surface area contributed by atoms with E-state index in [2.05, 4.69) is 31.0 Å². The van der Waals surface area contributed by atoms with E-state index in [-0.39, 0.29) is 5.54 Å². The number of likely N-dealkylation sites (tertiary alicyclic amines) is 1. The van der Waals surface area contributed by atoms with Crippen LogP contribution in [0.3, 0.4) is 0 Å². The quantitative estimate of drug-likeness (QED) is 0.716. The minimum absolute atomic E-state index is 0.282. The Morgan fingerprint density at radius 2 is 2.07 bits per heavy atom. The molecule has 2 unspecified atom stereocenters. The molecule has 88 valence electrons. The highest BCUT2D eigenvalue weighted by atomic mass is 15.2. The highest BCUT2D eigenvalue weighted by Crippen LogP contribution is 2.37. The Morgan fingerprint density at radius 3 is 2.60 bits per heavy atom. The summed E-state index contributed by atoms with van der Waals surface area (Å²) in [4.78, 5) is 2.72. The van der Waals surface area contributed by atoms with Gasteiger partial charge in [-0.25, -0.2) is 0 Å². The molecule has 2 rings (SSSR count). The van der Waals surface area contributed by atoms with Crippen molar-refractivity contribution in [3.63, 3.8) is 0 Å². The van der Waals surface area contributed by atoms with Gasteiger partial charge in [-0.05, 0) is 65.5 Å². The van der Waals surface area contributed by atoms with Crippen molar-refractivity contribution in [3.8, 4) is 0 Å². The molecular weight excluding hydrogens is 184 g/mol. The third kappa shape index (κ3) is 3.18. The van der Waals surface area contributed by atoms with Crippen LogP contribution in [0, 0.1) is 5.92 Å². The first kappa shape index (κ1) is 11.4. The molecule has 2 bridgehead atoms. The first-order chi connectivity index (χ1) is 7.04. The lowest BCUT2D eigenvalue weighted by Gasteiger charge is -2.27. The van der Waals surface area contributed by atoms with Crippen molar-refractivity contribution in [2.75, 3.05) is 19.6 Å². The van der Waals surface area contributed by atoms with Gasteiger partial charge in [-0.1, -0.05) is 0 Å². The van der Waals surface area contributed by atoms with E-state index in [1.165, 1.54) is 38.8 Å². The first-order valence-electron chi connectivity index (χ1n) is 6.54. The largest absolute Gasteiger partial charge is 0.312 e. The molecule has 1 saturated carbocycles. The second kappa shape index (κ2) is 4.42. The highest BCUT2D eigenvalue weighted by molar-refractivity contribution is 4.91. The van der Waals surface area contributed by atoms with Gasteiger partial charge in [0, 0.05) is 18.1 Å². The SMILES string of the molecule is CC(C)(C)NCCCN1CC2CCC1C2. The summed E-state index contributed by atoms with van der Waals surface area (Å²) in [5, 5.41) is 3.56. The number of hydrogen-bond acceptors (Lipinski definition) is 2. The second-order valence-electron chi connectivity index (χ2n) is 6.36. The molecule has 0 aromatic carbocycles. The van der Waals surface area contributed by atoms with Crippen LogP contribution in [-0.4, -0.2) is 36.1 Å². The molecule has 0 spiro atoms. The van der Waals surface area contributed by atoms with Gasteiger partial charge >= 0.3 is 0 Å². The third-order valence-corrected chi connectivity index (χ3v) is 3.80. The van der Waals surface area contributed by atoms with Crippen LogP contribution in [0.5, 0.6) is 0 Å². The Kier molecular flexibility index (Phi) is 3.36. The van der Waals surface area contributed by atoms with Crippen LogP contribution in [0.15, 0.2) is 0 Å². The van der Waals surface area contributed by atoms with E-state index in [4.69, 9.17) is 0 Å². The molecule has 2 aliphatic rings. The maximum Gasteiger partial charge on any atom is 0.00986 e. The summed E-state index contributed by atoms with van der Waals surface area (Å²) in [7, 11) is 0. The molecule has 0 aromatic rings. The smallest absolute Gasteiger partial charge is 0.00986 e. The fraction of sp³-hybridized carbons (Fsp3) is 1.00. The van der Waals surface area contributed by atoms with E-state index in [1.807, 2.05) is 0 Å². The fourth-order valence-electron chi connectivity index (χ4n) is 3.05. The molecule has 1 aliphatic heterocycles. The van der Waals surface area contributed by atoms with Gasteiger partial charge in [0.05, 0.1) is 0 Å². The summed E-state index contributed by atoms with van der Waals surface area (Å²) in [6, 6.07) is 0.949. The van der Waals surface area contributed by atoms with Crippen molar-refractivity contribution in [2.45, 2.75) is 58.0 Å². The van der Waals surface area contributed by atoms with Crippen molar-refractivity contribution in [1.29, 1.82) is 0 Å². The van der Waals surface area contributed by atoms with Gasteiger partial charge in [0.1, 0.15) is 0 Å². The molecule has 2 heteroatoms. The van der Waals surface area contributed by atoms with E-state index in [1.54, 1.807) is 0 Å². The minimum Gasteiger partial charge on any atom is -0.312 e. The average Bonchev–Trinajstić information content (AvgIpc) is 2.71. The predicted molar refractivity (Wildman–Crippen MR) is 65.1 cm³/mol. The van der Waals surface area contributed by atoms with E-state index >= 15 is 0 Å². The lowest BCUT2D eigenvalue weighted by Crippen LogP contribution is -2.39. The predicted octanol–water partition coefficient (Wildman–Crippen LogP) is 2.25. The highest BCUT2D eigenvalue weighted by Gasteiger charge is 2.36. The molecule has 0 radical (unpaired) electrons. The number of piperidine rings is 1. The van der Waals surface area contributed by atoms with Crippen LogP contribution < -0.4 is 5.32 Å². The van der Waals surface area contributed by atoms with Crippen LogP contribution in [0.4, 0.5) is 0 Å². The van der Waals surface area contributed by atoms with Gasteiger partial charge in [-0.2, -0.15) is 0 Å². The summed E-state index contributed by atoms with van der Waals surface area (Å²) in [6.45, 7) is 10.6. The van der Waals surface area contributed by atoms with E-state index in [0.717, 1.165) is 18.5 Å². The summed E-state index contributed by atoms with van der Waals surface area (Å²) in [6.07, 6.45) is 5.77. The number of fused-ring (bicyclic) bond motifs is 2. The van der Waals surface area contributed by atoms with Crippen LogP contribution in [-0.2, 0) is 0 Å². The summed E-state index contributed by atoms with van der Waals surface area (Å²) >= 11 is 0. The standard InChI is InChI=1S/C13H26N2/c1-13(2,3)14-7-4-8-15-10-11-5-6-12(15)9-11/h11-12,14H,4-10H2,1-3H3. The van der Waals surface area contributed by atoms with Gasteiger partial charge in [-0.3, -0.25) is 0 Å². The maximum absolute atomic E-state index is 3.56. The van der Waals surface area contributed by atoms with Crippen LogP contribution in [0.1, 0.15) is 46.5 Å². The Hall–Kier alpha value is -0.0800. The molecule has 1 heterocycles. The number of nitrogens with one attached hydrogen (secondary N) is 1. The molecule has 2 fully saturated rings. The Morgan fingerprint density at radius 1 is 1.27 bits per heavy atom. The van der Waals surface area contributed by atoms with Crippen LogP contribution in [0.25, 0.3) is 0 Å². The van der Waals surface area contributed by atoms with Gasteiger partial charge in [0.25, 0.3) is 0 Å². The molecular formula is C13H26N2. The van der Waals surface area contributed by atoms with Crippen molar-refractivity contribution in [3.05, 3.63) is 0 Å². The van der Waals surface area contributed by atoms with Gasteiger partial charge in [-0.15, -0.1) is 0 Å². The number of hydrogen-bond donors (Lipinski definition) is 1. The van der Waals surface area contributed by atoms with Crippen LogP contribution in [0.2, 0.25) is 0 Å². The van der Waals surface area contributed by atoms with Gasteiger partial charge in [0.2, 0.25) is 0 Å². The second-order valence-corrected chi connectivity index (χ2v) is 6.36. The van der Waals surface area contributed by atoms with Crippen molar-refractivity contribution in [2.24, 2.45) is 5.92 Å². The average molecular weight is 210 g/mol. The van der Waals surface area contributed by atoms with E-state index in [0.29, 0.717) is 0 Å². The fourth-order valence-corrected chi connectivity index (χ4v) is 3.05. The zero-order valence-electron chi connectivity index (χ0n) is 10.6. The monoisotopic (exact) mass is 210 g/mol. The van der Waals surface area contributed by atoms with Crippen molar-refractivity contribution < 1.29 is 0 Å². The topological polar surface area (TPSA) is 15.3 Å². The Balaban J connectivity index is 1.59. The Bertz CT molecular complexity index is 207. The lowest BCUT2D eigenvalue weighted by atomic mass is 10.1. The van der Waals surface area contributed by atoms with Gasteiger partial charge in [0.15, 0.2) is 0 Å². The summed E-state index contributed by atoms with van der Waals surface area (Å²) in [5.74, 6) is 1.05. The molecule has 0 amide bonds. The zero-order valence-corrected chi connectivity index (χ0v) is 10.6. The van der Waals surface area contributed by atoms with Crippen LogP contribution >= 0.6 is 0 Å². The van der Waals surface area contributed by atoms with Crippen molar-refractivity contribution in [1.82, 2.24) is 10.2 Å². The van der Waals surface area contributed by atoms with Crippen molar-refractivity contribution >= 4 is 0 Å².